The van der Waals surface area contributed by atoms with Crippen molar-refractivity contribution in [3.8, 4) is 0 Å². The SMILES string of the molecule is CCn1ccnc1CC(O)C1C(C)(C)C1(C)C. The molecule has 0 spiro atoms. The lowest BCUT2D eigenvalue weighted by Gasteiger charge is -2.13. The Morgan fingerprint density at radius 1 is 1.35 bits per heavy atom. The number of hydrogen-bond acceptors (Lipinski definition) is 2. The predicted molar refractivity (Wildman–Crippen MR) is 68.7 cm³/mol. The second-order valence-electron chi connectivity index (χ2n) is 6.32. The first-order valence-electron chi connectivity index (χ1n) is 6.50. The summed E-state index contributed by atoms with van der Waals surface area (Å²) >= 11 is 0. The highest BCUT2D eigenvalue weighted by Crippen LogP contribution is 2.69. The normalized spacial score (nSPS) is 23.6. The maximum Gasteiger partial charge on any atom is 0.111 e. The summed E-state index contributed by atoms with van der Waals surface area (Å²) in [6.45, 7) is 12.0. The van der Waals surface area contributed by atoms with E-state index in [1.165, 1.54) is 0 Å². The molecule has 1 aromatic heterocycles. The van der Waals surface area contributed by atoms with Crippen LogP contribution in [0.3, 0.4) is 0 Å². The van der Waals surface area contributed by atoms with Crippen molar-refractivity contribution in [2.75, 3.05) is 0 Å². The Balaban J connectivity index is 2.07. The van der Waals surface area contributed by atoms with Gasteiger partial charge in [0.2, 0.25) is 0 Å². The van der Waals surface area contributed by atoms with Crippen LogP contribution in [-0.2, 0) is 13.0 Å². The minimum atomic E-state index is -0.285. The molecule has 1 N–H and O–H groups in total. The fourth-order valence-electron chi connectivity index (χ4n) is 3.33. The summed E-state index contributed by atoms with van der Waals surface area (Å²) in [7, 11) is 0. The van der Waals surface area contributed by atoms with Crippen LogP contribution in [-0.4, -0.2) is 20.8 Å². The molecule has 1 aliphatic rings. The number of hydrogen-bond donors (Lipinski definition) is 1. The van der Waals surface area contributed by atoms with Gasteiger partial charge in [0, 0.05) is 25.4 Å². The predicted octanol–water partition coefficient (Wildman–Crippen LogP) is 2.49. The molecule has 1 saturated carbocycles. The van der Waals surface area contributed by atoms with E-state index in [2.05, 4.69) is 44.2 Å². The third-order valence-corrected chi connectivity index (χ3v) is 5.05. The van der Waals surface area contributed by atoms with E-state index in [1.54, 1.807) is 0 Å². The van der Waals surface area contributed by atoms with Crippen molar-refractivity contribution in [2.24, 2.45) is 16.7 Å². The summed E-state index contributed by atoms with van der Waals surface area (Å²) in [6, 6.07) is 0. The van der Waals surface area contributed by atoms with Gasteiger partial charge < -0.3 is 9.67 Å². The molecule has 0 amide bonds. The number of aromatic nitrogens is 2. The minimum Gasteiger partial charge on any atom is -0.392 e. The van der Waals surface area contributed by atoms with Crippen molar-refractivity contribution < 1.29 is 5.11 Å². The number of aliphatic hydroxyl groups excluding tert-OH is 1. The van der Waals surface area contributed by atoms with Crippen LogP contribution in [0.4, 0.5) is 0 Å². The second-order valence-corrected chi connectivity index (χ2v) is 6.32. The van der Waals surface area contributed by atoms with Gasteiger partial charge in [-0.15, -0.1) is 0 Å². The highest BCUT2D eigenvalue weighted by atomic mass is 16.3. The van der Waals surface area contributed by atoms with Crippen molar-refractivity contribution in [2.45, 2.75) is 53.7 Å². The van der Waals surface area contributed by atoms with Crippen LogP contribution < -0.4 is 0 Å². The first-order valence-corrected chi connectivity index (χ1v) is 6.50. The Labute approximate surface area is 104 Å². The van der Waals surface area contributed by atoms with E-state index < -0.39 is 0 Å². The van der Waals surface area contributed by atoms with Crippen molar-refractivity contribution in [1.82, 2.24) is 9.55 Å². The fraction of sp³-hybridized carbons (Fsp3) is 0.786. The monoisotopic (exact) mass is 236 g/mol. The lowest BCUT2D eigenvalue weighted by atomic mass is 10.0. The second kappa shape index (κ2) is 3.84. The van der Waals surface area contributed by atoms with E-state index in [1.807, 2.05) is 12.4 Å². The molecule has 1 unspecified atom stereocenters. The van der Waals surface area contributed by atoms with Gasteiger partial charge in [-0.3, -0.25) is 0 Å². The largest absolute Gasteiger partial charge is 0.392 e. The summed E-state index contributed by atoms with van der Waals surface area (Å²) in [4.78, 5) is 4.34. The van der Waals surface area contributed by atoms with Gasteiger partial charge in [0.15, 0.2) is 0 Å². The maximum atomic E-state index is 10.4. The van der Waals surface area contributed by atoms with Gasteiger partial charge in [0.25, 0.3) is 0 Å². The maximum absolute atomic E-state index is 10.4. The van der Waals surface area contributed by atoms with Gasteiger partial charge in [-0.25, -0.2) is 4.98 Å². The number of aryl methyl sites for hydroxylation is 1. The fourth-order valence-corrected chi connectivity index (χ4v) is 3.33. The highest BCUT2D eigenvalue weighted by molar-refractivity contribution is 5.16. The van der Waals surface area contributed by atoms with Crippen molar-refractivity contribution in [3.05, 3.63) is 18.2 Å². The molecule has 1 fully saturated rings. The minimum absolute atomic E-state index is 0.232. The van der Waals surface area contributed by atoms with Crippen LogP contribution in [0.15, 0.2) is 12.4 Å². The molecule has 1 atom stereocenters. The van der Waals surface area contributed by atoms with E-state index in [0.29, 0.717) is 12.3 Å². The number of nitrogens with zero attached hydrogens (tertiary/aromatic N) is 2. The Kier molecular flexibility index (Phi) is 2.85. The summed E-state index contributed by atoms with van der Waals surface area (Å²) in [5, 5.41) is 10.4. The lowest BCUT2D eigenvalue weighted by molar-refractivity contribution is 0.126. The van der Waals surface area contributed by atoms with E-state index in [4.69, 9.17) is 0 Å². The van der Waals surface area contributed by atoms with E-state index in [-0.39, 0.29) is 16.9 Å². The first-order chi connectivity index (χ1) is 7.82. The molecule has 0 aliphatic heterocycles. The van der Waals surface area contributed by atoms with E-state index in [9.17, 15) is 5.11 Å². The molecule has 1 aromatic rings. The molecule has 0 saturated heterocycles. The zero-order valence-corrected chi connectivity index (χ0v) is 11.6. The Hall–Kier alpha value is -0.830. The Bertz CT molecular complexity index is 392. The molecule has 0 radical (unpaired) electrons. The van der Waals surface area contributed by atoms with Gasteiger partial charge >= 0.3 is 0 Å². The van der Waals surface area contributed by atoms with Gasteiger partial charge in [-0.05, 0) is 23.7 Å². The number of rotatable bonds is 4. The molecule has 0 aromatic carbocycles. The van der Waals surface area contributed by atoms with Crippen molar-refractivity contribution in [3.63, 3.8) is 0 Å². The molecule has 96 valence electrons. The highest BCUT2D eigenvalue weighted by Gasteiger charge is 2.67. The quantitative estimate of drug-likeness (QED) is 0.872. The molecule has 3 heteroatoms. The van der Waals surface area contributed by atoms with Crippen LogP contribution in [0.1, 0.15) is 40.4 Å². The van der Waals surface area contributed by atoms with E-state index in [0.717, 1.165) is 12.4 Å². The smallest absolute Gasteiger partial charge is 0.111 e. The topological polar surface area (TPSA) is 38.0 Å². The third kappa shape index (κ3) is 1.81. The van der Waals surface area contributed by atoms with Crippen molar-refractivity contribution in [1.29, 1.82) is 0 Å². The summed E-state index contributed by atoms with van der Waals surface area (Å²) in [5.41, 5.74) is 0.464. The summed E-state index contributed by atoms with van der Waals surface area (Å²) in [6.07, 6.45) is 4.17. The number of imidazole rings is 1. The molecular formula is C14H24N2O. The molecular weight excluding hydrogens is 212 g/mol. The zero-order chi connectivity index (χ0) is 12.8. The standard InChI is InChI=1S/C14H24N2O/c1-6-16-8-7-15-11(16)9-10(17)12-13(2,3)14(12,4)5/h7-8,10,12,17H,6,9H2,1-5H3. The molecule has 1 aliphatic carbocycles. The number of aliphatic hydroxyl groups is 1. The van der Waals surface area contributed by atoms with Gasteiger partial charge in [-0.2, -0.15) is 0 Å². The zero-order valence-electron chi connectivity index (χ0n) is 11.6. The summed E-state index contributed by atoms with van der Waals surface area (Å²) < 4.78 is 2.10. The van der Waals surface area contributed by atoms with Crippen LogP contribution in [0, 0.1) is 16.7 Å². The first kappa shape index (κ1) is 12.6. The molecule has 17 heavy (non-hydrogen) atoms. The van der Waals surface area contributed by atoms with Crippen LogP contribution in [0.5, 0.6) is 0 Å². The van der Waals surface area contributed by atoms with Crippen LogP contribution in [0.25, 0.3) is 0 Å². The third-order valence-electron chi connectivity index (χ3n) is 5.05. The molecule has 3 nitrogen and oxygen atoms in total. The molecule has 1 heterocycles. The Morgan fingerprint density at radius 2 is 1.94 bits per heavy atom. The summed E-state index contributed by atoms with van der Waals surface area (Å²) in [5.74, 6) is 1.37. The Morgan fingerprint density at radius 3 is 2.41 bits per heavy atom. The van der Waals surface area contributed by atoms with Gasteiger partial charge in [0.1, 0.15) is 5.82 Å². The van der Waals surface area contributed by atoms with Gasteiger partial charge in [-0.1, -0.05) is 27.7 Å². The van der Waals surface area contributed by atoms with Gasteiger partial charge in [0.05, 0.1) is 6.10 Å². The molecule has 0 bridgehead atoms. The van der Waals surface area contributed by atoms with Crippen LogP contribution >= 0.6 is 0 Å². The van der Waals surface area contributed by atoms with Crippen LogP contribution in [0.2, 0.25) is 0 Å². The van der Waals surface area contributed by atoms with Crippen molar-refractivity contribution >= 4 is 0 Å². The lowest BCUT2D eigenvalue weighted by Crippen LogP contribution is -2.20. The average Bonchev–Trinajstić information content (AvgIpc) is 2.57. The molecule has 2 rings (SSSR count). The van der Waals surface area contributed by atoms with E-state index >= 15 is 0 Å². The average molecular weight is 236 g/mol.